The third kappa shape index (κ3) is 4.78. The average molecular weight is 419 g/mol. The maximum absolute atomic E-state index is 12.5. The van der Waals surface area contributed by atoms with Crippen LogP contribution in [0, 0.1) is 0 Å². The summed E-state index contributed by atoms with van der Waals surface area (Å²) >= 11 is 0. The molecular formula is C26H34N4O. The van der Waals surface area contributed by atoms with Crippen LogP contribution in [0.4, 0.5) is 0 Å². The van der Waals surface area contributed by atoms with E-state index >= 15 is 0 Å². The molecule has 1 aromatic heterocycles. The summed E-state index contributed by atoms with van der Waals surface area (Å²) in [6, 6.07) is 17.5. The molecule has 0 saturated carbocycles. The van der Waals surface area contributed by atoms with Crippen molar-refractivity contribution in [3.8, 4) is 0 Å². The Bertz CT molecular complexity index is 1050. The van der Waals surface area contributed by atoms with E-state index in [1.807, 2.05) is 22.8 Å². The first-order valence-corrected chi connectivity index (χ1v) is 12.0. The molecule has 0 amide bonds. The van der Waals surface area contributed by atoms with Crippen molar-refractivity contribution in [2.45, 2.75) is 51.1 Å². The molecule has 0 unspecified atom stereocenters. The number of nitrogens with one attached hydrogen (secondary N) is 1. The van der Waals surface area contributed by atoms with Gasteiger partial charge in [-0.25, -0.2) is 4.79 Å². The highest BCUT2D eigenvalue weighted by Gasteiger charge is 2.23. The lowest BCUT2D eigenvalue weighted by Crippen LogP contribution is -2.36. The van der Waals surface area contributed by atoms with Gasteiger partial charge in [0.25, 0.3) is 0 Å². The summed E-state index contributed by atoms with van der Waals surface area (Å²) in [4.78, 5) is 20.7. The van der Waals surface area contributed by atoms with Crippen LogP contribution in [0.1, 0.15) is 49.3 Å². The number of hydrogen-bond donors (Lipinski definition) is 1. The fourth-order valence-electron chi connectivity index (χ4n) is 5.38. The molecule has 164 valence electrons. The molecule has 1 N–H and O–H groups in total. The number of benzene rings is 2. The second-order valence-electron chi connectivity index (χ2n) is 9.30. The van der Waals surface area contributed by atoms with E-state index in [0.29, 0.717) is 0 Å². The molecule has 3 aromatic rings. The molecule has 5 nitrogen and oxygen atoms in total. The summed E-state index contributed by atoms with van der Waals surface area (Å²) in [5.74, 6) is 0. The van der Waals surface area contributed by atoms with Gasteiger partial charge in [0.1, 0.15) is 0 Å². The normalized spacial score (nSPS) is 19.2. The van der Waals surface area contributed by atoms with Gasteiger partial charge in [0.05, 0.1) is 11.0 Å². The van der Waals surface area contributed by atoms with Crippen LogP contribution in [0.25, 0.3) is 11.0 Å². The van der Waals surface area contributed by atoms with E-state index in [-0.39, 0.29) is 11.7 Å². The van der Waals surface area contributed by atoms with E-state index in [1.165, 1.54) is 50.0 Å². The molecule has 0 bridgehead atoms. The minimum atomic E-state index is 0.0288. The van der Waals surface area contributed by atoms with Crippen molar-refractivity contribution in [1.29, 1.82) is 0 Å². The summed E-state index contributed by atoms with van der Waals surface area (Å²) in [5.41, 5.74) is 4.88. The number of piperidine rings is 2. The minimum Gasteiger partial charge on any atom is -0.306 e. The second-order valence-corrected chi connectivity index (χ2v) is 9.30. The molecule has 3 heterocycles. The van der Waals surface area contributed by atoms with Crippen molar-refractivity contribution < 1.29 is 0 Å². The quantitative estimate of drug-likeness (QED) is 0.653. The Morgan fingerprint density at radius 3 is 2.45 bits per heavy atom. The molecule has 2 aliphatic rings. The standard InChI is InChI=1S/C26H34N4O/c31-26-27-24-9-2-3-10-25(24)30(26)23-12-17-29(18-13-23)20-22-8-6-7-21(19-22)11-16-28-14-4-1-5-15-28/h2-3,6-10,19,23H,1,4-5,11-18,20H2,(H,27,31). The number of imidazole rings is 1. The predicted molar refractivity (Wildman–Crippen MR) is 127 cm³/mol. The number of aromatic amines is 1. The van der Waals surface area contributed by atoms with Crippen LogP contribution in [0.3, 0.4) is 0 Å². The van der Waals surface area contributed by atoms with E-state index in [0.717, 1.165) is 49.9 Å². The highest BCUT2D eigenvalue weighted by molar-refractivity contribution is 5.75. The molecular weight excluding hydrogens is 384 g/mol. The van der Waals surface area contributed by atoms with Crippen molar-refractivity contribution >= 4 is 11.0 Å². The van der Waals surface area contributed by atoms with Crippen molar-refractivity contribution in [3.63, 3.8) is 0 Å². The minimum absolute atomic E-state index is 0.0288. The number of H-pyrrole nitrogens is 1. The summed E-state index contributed by atoms with van der Waals surface area (Å²) in [5, 5.41) is 0. The van der Waals surface area contributed by atoms with E-state index < -0.39 is 0 Å². The van der Waals surface area contributed by atoms with Gasteiger partial charge in [0.15, 0.2) is 0 Å². The van der Waals surface area contributed by atoms with Gasteiger partial charge in [0.2, 0.25) is 0 Å². The van der Waals surface area contributed by atoms with Crippen LogP contribution >= 0.6 is 0 Å². The van der Waals surface area contributed by atoms with Gasteiger partial charge in [0, 0.05) is 32.2 Å². The van der Waals surface area contributed by atoms with Gasteiger partial charge in [-0.3, -0.25) is 9.47 Å². The van der Waals surface area contributed by atoms with Gasteiger partial charge in [-0.2, -0.15) is 0 Å². The zero-order valence-corrected chi connectivity index (χ0v) is 18.4. The highest BCUT2D eigenvalue weighted by atomic mass is 16.1. The maximum atomic E-state index is 12.5. The number of fused-ring (bicyclic) bond motifs is 1. The van der Waals surface area contributed by atoms with E-state index in [4.69, 9.17) is 0 Å². The first-order chi connectivity index (χ1) is 15.3. The lowest BCUT2D eigenvalue weighted by atomic mass is 10.0. The third-order valence-corrected chi connectivity index (χ3v) is 7.11. The zero-order chi connectivity index (χ0) is 21.0. The Morgan fingerprint density at radius 2 is 1.61 bits per heavy atom. The van der Waals surface area contributed by atoms with Crippen LogP contribution in [-0.2, 0) is 13.0 Å². The Hall–Kier alpha value is -2.37. The number of aromatic nitrogens is 2. The Morgan fingerprint density at radius 1 is 0.839 bits per heavy atom. The van der Waals surface area contributed by atoms with Crippen LogP contribution in [-0.4, -0.2) is 52.1 Å². The zero-order valence-electron chi connectivity index (χ0n) is 18.4. The lowest BCUT2D eigenvalue weighted by Gasteiger charge is -2.32. The third-order valence-electron chi connectivity index (χ3n) is 7.11. The molecule has 5 rings (SSSR count). The topological polar surface area (TPSA) is 44.3 Å². The Balaban J connectivity index is 1.17. The monoisotopic (exact) mass is 418 g/mol. The summed E-state index contributed by atoms with van der Waals surface area (Å²) < 4.78 is 1.98. The van der Waals surface area contributed by atoms with E-state index in [1.54, 1.807) is 0 Å². The van der Waals surface area contributed by atoms with Crippen molar-refractivity contribution in [2.75, 3.05) is 32.7 Å². The molecule has 0 atom stereocenters. The number of likely N-dealkylation sites (tertiary alicyclic amines) is 2. The number of hydrogen-bond acceptors (Lipinski definition) is 3. The predicted octanol–water partition coefficient (Wildman–Crippen LogP) is 4.20. The fraction of sp³-hybridized carbons (Fsp3) is 0.500. The highest BCUT2D eigenvalue weighted by Crippen LogP contribution is 2.25. The molecule has 0 aliphatic carbocycles. The van der Waals surface area contributed by atoms with Crippen LogP contribution < -0.4 is 5.69 Å². The van der Waals surface area contributed by atoms with Gasteiger partial charge < -0.3 is 9.88 Å². The van der Waals surface area contributed by atoms with Crippen molar-refractivity contribution in [3.05, 3.63) is 70.1 Å². The Labute approximate surface area is 184 Å². The molecule has 2 fully saturated rings. The largest absolute Gasteiger partial charge is 0.326 e. The van der Waals surface area contributed by atoms with Crippen molar-refractivity contribution in [1.82, 2.24) is 19.4 Å². The molecule has 31 heavy (non-hydrogen) atoms. The molecule has 2 aromatic carbocycles. The van der Waals surface area contributed by atoms with Gasteiger partial charge in [-0.05, 0) is 68.5 Å². The first-order valence-electron chi connectivity index (χ1n) is 12.0. The Kier molecular flexibility index (Phi) is 6.23. The first kappa shape index (κ1) is 20.5. The van der Waals surface area contributed by atoms with Crippen LogP contribution in [0.15, 0.2) is 53.3 Å². The maximum Gasteiger partial charge on any atom is 0.326 e. The molecule has 2 saturated heterocycles. The number of nitrogens with zero attached hydrogens (tertiary/aromatic N) is 3. The summed E-state index contributed by atoms with van der Waals surface area (Å²) in [6.07, 6.45) is 7.32. The molecule has 2 aliphatic heterocycles. The van der Waals surface area contributed by atoms with E-state index in [2.05, 4.69) is 45.1 Å². The van der Waals surface area contributed by atoms with Gasteiger partial charge in [-0.1, -0.05) is 42.8 Å². The SMILES string of the molecule is O=c1[nH]c2ccccc2n1C1CCN(Cc2cccc(CCN3CCCCC3)c2)CC1. The average Bonchev–Trinajstić information content (AvgIpc) is 3.15. The van der Waals surface area contributed by atoms with Crippen LogP contribution in [0.2, 0.25) is 0 Å². The molecule has 0 spiro atoms. The molecule has 5 heteroatoms. The van der Waals surface area contributed by atoms with Crippen LogP contribution in [0.5, 0.6) is 0 Å². The molecule has 0 radical (unpaired) electrons. The van der Waals surface area contributed by atoms with Crippen molar-refractivity contribution in [2.24, 2.45) is 0 Å². The number of para-hydroxylation sites is 2. The van der Waals surface area contributed by atoms with Gasteiger partial charge >= 0.3 is 5.69 Å². The van der Waals surface area contributed by atoms with Gasteiger partial charge in [-0.15, -0.1) is 0 Å². The smallest absolute Gasteiger partial charge is 0.306 e. The lowest BCUT2D eigenvalue weighted by molar-refractivity contribution is 0.180. The summed E-state index contributed by atoms with van der Waals surface area (Å²) in [6.45, 7) is 6.81. The second kappa shape index (κ2) is 9.41. The number of rotatable bonds is 6. The fourth-order valence-corrected chi connectivity index (χ4v) is 5.38. The van der Waals surface area contributed by atoms with E-state index in [9.17, 15) is 4.79 Å². The summed E-state index contributed by atoms with van der Waals surface area (Å²) in [7, 11) is 0.